The molecule has 1 aromatic carbocycles. The molecule has 1 aliphatic carbocycles. The maximum Gasteiger partial charge on any atom is 0.354 e. The van der Waals surface area contributed by atoms with Gasteiger partial charge in [-0.1, -0.05) is 18.2 Å². The summed E-state index contributed by atoms with van der Waals surface area (Å²) >= 11 is 0. The van der Waals surface area contributed by atoms with E-state index < -0.39 is 27.2 Å². The first kappa shape index (κ1) is 25.5. The zero-order chi connectivity index (χ0) is 27.2. The van der Waals surface area contributed by atoms with Crippen LogP contribution in [0.4, 0.5) is 5.69 Å². The van der Waals surface area contributed by atoms with Crippen LogP contribution in [0, 0.1) is 0 Å². The van der Waals surface area contributed by atoms with Crippen LogP contribution < -0.4 is 9.73 Å². The monoisotopic (exact) mass is 540 g/mol. The number of imidazole rings is 1. The van der Waals surface area contributed by atoms with E-state index in [-0.39, 0.29) is 23.7 Å². The predicted octanol–water partition coefficient (Wildman–Crippen LogP) is 1.99. The third kappa shape index (κ3) is 4.65. The van der Waals surface area contributed by atoms with Crippen molar-refractivity contribution in [3.8, 4) is 0 Å². The average Bonchev–Trinajstić information content (AvgIpc) is 3.57. The van der Waals surface area contributed by atoms with Crippen LogP contribution in [0.15, 0.2) is 60.7 Å². The minimum atomic E-state index is -4.27. The summed E-state index contributed by atoms with van der Waals surface area (Å²) in [7, 11) is -0.0374. The molecule has 3 heterocycles. The zero-order valence-electron chi connectivity index (χ0n) is 21.1. The Morgan fingerprint density at radius 2 is 1.95 bits per heavy atom. The number of fused-ring (bicyclic) bond motifs is 1. The normalized spacial score (nSPS) is 16.7. The van der Waals surface area contributed by atoms with Gasteiger partial charge in [-0.3, -0.25) is 19.5 Å². The molecule has 0 saturated heterocycles. The molecule has 0 radical (unpaired) electrons. The van der Waals surface area contributed by atoms with Crippen molar-refractivity contribution in [1.82, 2.24) is 24.9 Å². The first-order chi connectivity index (χ1) is 18.1. The number of hydrogen-bond acceptors (Lipinski definition) is 9. The number of sulfonamides is 1. The van der Waals surface area contributed by atoms with Crippen molar-refractivity contribution in [3.05, 3.63) is 77.5 Å². The van der Waals surface area contributed by atoms with Gasteiger partial charge in [-0.25, -0.2) is 18.2 Å². The van der Waals surface area contributed by atoms with E-state index in [9.17, 15) is 23.1 Å². The van der Waals surface area contributed by atoms with Crippen molar-refractivity contribution in [2.24, 2.45) is 0 Å². The van der Waals surface area contributed by atoms with Crippen LogP contribution in [0.3, 0.4) is 0 Å². The van der Waals surface area contributed by atoms with Gasteiger partial charge in [0.25, 0.3) is 10.0 Å². The second-order valence-electron chi connectivity index (χ2n) is 9.30. The molecule has 200 valence electrons. The summed E-state index contributed by atoms with van der Waals surface area (Å²) in [6, 6.07) is 10.3. The van der Waals surface area contributed by atoms with Gasteiger partial charge in [0.15, 0.2) is 5.70 Å². The quantitative estimate of drug-likeness (QED) is 0.388. The second kappa shape index (κ2) is 9.65. The molecule has 0 amide bonds. The fourth-order valence-corrected chi connectivity index (χ4v) is 6.06. The number of carboxylic acids is 1. The molecule has 1 aliphatic heterocycles. The molecule has 12 nitrogen and oxygen atoms in total. The lowest BCUT2D eigenvalue weighted by Crippen LogP contribution is -2.39. The number of carbonyl (C=O) groups excluding carboxylic acids is 1. The van der Waals surface area contributed by atoms with Gasteiger partial charge in [0.2, 0.25) is 5.25 Å². The number of benzene rings is 1. The molecular weight excluding hydrogens is 512 g/mol. The average molecular weight is 541 g/mol. The number of aliphatic carboxylic acids is 1. The number of ether oxygens (including phenoxy) is 1. The minimum absolute atomic E-state index is 0.00812. The number of para-hydroxylation sites is 1. The molecular formula is C25H28N6O6S. The van der Waals surface area contributed by atoms with Gasteiger partial charge >= 0.3 is 11.9 Å². The minimum Gasteiger partial charge on any atom is -0.476 e. The SMILES string of the molecule is COC(=O)C(c1cc(C2CC2)cn2cc(CN3C=C(C(=O)O)NN3C)nc12)S(=O)(=O)N(C)c1ccccc1. The number of carboxylic acid groups (broad SMARTS) is 1. The van der Waals surface area contributed by atoms with Crippen LogP contribution in [-0.2, 0) is 30.9 Å². The van der Waals surface area contributed by atoms with Crippen LogP contribution in [0.25, 0.3) is 5.65 Å². The molecule has 2 aliphatic rings. The van der Waals surface area contributed by atoms with Crippen molar-refractivity contribution in [2.45, 2.75) is 30.6 Å². The third-order valence-corrected chi connectivity index (χ3v) is 8.71. The number of pyridine rings is 1. The molecule has 2 aromatic heterocycles. The number of methoxy groups -OCH3 is 1. The third-order valence-electron chi connectivity index (χ3n) is 6.70. The van der Waals surface area contributed by atoms with Crippen LogP contribution in [0.2, 0.25) is 0 Å². The van der Waals surface area contributed by atoms with E-state index in [2.05, 4.69) is 10.4 Å². The van der Waals surface area contributed by atoms with Crippen molar-refractivity contribution >= 4 is 33.3 Å². The molecule has 0 bridgehead atoms. The molecule has 1 saturated carbocycles. The Morgan fingerprint density at radius 1 is 1.24 bits per heavy atom. The van der Waals surface area contributed by atoms with Gasteiger partial charge in [0.1, 0.15) is 5.65 Å². The number of nitrogens with zero attached hydrogens (tertiary/aromatic N) is 5. The number of hydrogen-bond donors (Lipinski definition) is 2. The van der Waals surface area contributed by atoms with Crippen molar-refractivity contribution in [3.63, 3.8) is 0 Å². The van der Waals surface area contributed by atoms with E-state index in [0.29, 0.717) is 17.0 Å². The van der Waals surface area contributed by atoms with E-state index in [4.69, 9.17) is 4.74 Å². The molecule has 13 heteroatoms. The van der Waals surface area contributed by atoms with Gasteiger partial charge in [-0.15, -0.1) is 5.12 Å². The Kier molecular flexibility index (Phi) is 6.49. The van der Waals surface area contributed by atoms with Crippen molar-refractivity contribution < 1.29 is 27.9 Å². The maximum atomic E-state index is 13.9. The number of carbonyl (C=O) groups is 2. The van der Waals surface area contributed by atoms with Gasteiger partial charge in [0.05, 0.1) is 31.2 Å². The van der Waals surface area contributed by atoms with Crippen molar-refractivity contribution in [2.75, 3.05) is 25.5 Å². The number of aromatic nitrogens is 2. The summed E-state index contributed by atoms with van der Waals surface area (Å²) in [5.41, 5.74) is 5.14. The Balaban J connectivity index is 1.61. The van der Waals surface area contributed by atoms with Gasteiger partial charge in [-0.05, 0) is 42.5 Å². The highest BCUT2D eigenvalue weighted by Crippen LogP contribution is 2.42. The second-order valence-corrected chi connectivity index (χ2v) is 11.3. The summed E-state index contributed by atoms with van der Waals surface area (Å²) in [6.45, 7) is 0.208. The van der Waals surface area contributed by atoms with Crippen LogP contribution in [0.1, 0.15) is 40.8 Å². The maximum absolute atomic E-state index is 13.9. The largest absolute Gasteiger partial charge is 0.476 e. The Hall–Kier alpha value is -4.10. The first-order valence-corrected chi connectivity index (χ1v) is 13.4. The number of nitrogens with one attached hydrogen (secondary N) is 1. The first-order valence-electron chi connectivity index (χ1n) is 11.9. The fourth-order valence-electron chi connectivity index (χ4n) is 4.49. The highest BCUT2D eigenvalue weighted by molar-refractivity contribution is 7.93. The number of hydrazine groups is 2. The van der Waals surface area contributed by atoms with E-state index >= 15 is 0 Å². The molecule has 1 unspecified atom stereocenters. The molecule has 1 fully saturated rings. The predicted molar refractivity (Wildman–Crippen MR) is 138 cm³/mol. The van der Waals surface area contributed by atoms with E-state index in [0.717, 1.165) is 29.8 Å². The molecule has 3 aromatic rings. The summed E-state index contributed by atoms with van der Waals surface area (Å²) in [5.74, 6) is -1.74. The highest BCUT2D eigenvalue weighted by Gasteiger charge is 2.41. The molecule has 38 heavy (non-hydrogen) atoms. The zero-order valence-corrected chi connectivity index (χ0v) is 21.9. The van der Waals surface area contributed by atoms with Gasteiger partial charge in [0, 0.05) is 32.1 Å². The molecule has 5 rings (SSSR count). The summed E-state index contributed by atoms with van der Waals surface area (Å²) in [6.07, 6.45) is 7.05. The van der Waals surface area contributed by atoms with E-state index in [1.165, 1.54) is 18.4 Å². The number of anilines is 1. The lowest BCUT2D eigenvalue weighted by Gasteiger charge is -2.25. The smallest absolute Gasteiger partial charge is 0.354 e. The van der Waals surface area contributed by atoms with E-state index in [1.807, 2.05) is 6.20 Å². The summed E-state index contributed by atoms with van der Waals surface area (Å²) in [5, 5.41) is 10.8. The lowest BCUT2D eigenvalue weighted by atomic mass is 10.1. The molecule has 2 N–H and O–H groups in total. The van der Waals surface area contributed by atoms with Crippen molar-refractivity contribution in [1.29, 1.82) is 0 Å². The Bertz CT molecular complexity index is 1530. The van der Waals surface area contributed by atoms with Crippen LogP contribution in [-0.4, -0.2) is 66.2 Å². The summed E-state index contributed by atoms with van der Waals surface area (Å²) < 4.78 is 35.6. The molecule has 1 atom stereocenters. The number of esters is 1. The van der Waals surface area contributed by atoms with Crippen LogP contribution in [0.5, 0.6) is 0 Å². The Morgan fingerprint density at radius 3 is 2.55 bits per heavy atom. The highest BCUT2D eigenvalue weighted by atomic mass is 32.2. The summed E-state index contributed by atoms with van der Waals surface area (Å²) in [4.78, 5) is 29.1. The lowest BCUT2D eigenvalue weighted by molar-refractivity contribution is -0.140. The number of rotatable bonds is 9. The standard InChI is InChI=1S/C25H28N6O6S/c1-28(19-7-5-4-6-8-19)38(35,36)22(25(34)37-3)20-11-17(16-9-10-16)12-30-13-18(26-23(20)30)14-31-15-21(24(32)33)27-29(31)2/h4-8,11-13,15-16,22,27H,9-10,14H2,1-3H3,(H,32,33). The van der Waals surface area contributed by atoms with Gasteiger partial charge in [-0.2, -0.15) is 0 Å². The van der Waals surface area contributed by atoms with Crippen LogP contribution >= 0.6 is 0 Å². The van der Waals surface area contributed by atoms with Gasteiger partial charge < -0.3 is 14.2 Å². The topological polar surface area (TPSA) is 137 Å². The molecule has 0 spiro atoms. The fraction of sp³-hybridized carbons (Fsp3) is 0.320. The Labute approximate surface area is 219 Å². The van der Waals surface area contributed by atoms with E-state index in [1.54, 1.807) is 59.1 Å².